The Labute approximate surface area is 281 Å². The van der Waals surface area contributed by atoms with Crippen molar-refractivity contribution in [1.82, 2.24) is 0 Å². The zero-order valence-electron chi connectivity index (χ0n) is 26.5. The molecule has 48 heavy (non-hydrogen) atoms. The largest absolute Gasteiger partial charge is 0.0622 e. The lowest BCUT2D eigenvalue weighted by molar-refractivity contribution is 1.59. The molecule has 0 aliphatic rings. The fraction of sp³-hybridized carbons (Fsp3) is 0. The summed E-state index contributed by atoms with van der Waals surface area (Å²) in [5, 5.41) is 7.58. The summed E-state index contributed by atoms with van der Waals surface area (Å²) in [5.74, 6) is 0. The molecule has 224 valence electrons. The van der Waals surface area contributed by atoms with Gasteiger partial charge in [0.1, 0.15) is 0 Å². The molecule has 0 spiro atoms. The molecule has 0 fully saturated rings. The third-order valence-electron chi connectivity index (χ3n) is 9.62. The van der Waals surface area contributed by atoms with Gasteiger partial charge in [-0.15, -0.1) is 0 Å². The number of fused-ring (bicyclic) bond motifs is 3. The maximum Gasteiger partial charge on any atom is -0.00262 e. The third kappa shape index (κ3) is 4.96. The van der Waals surface area contributed by atoms with Gasteiger partial charge in [-0.05, 0) is 112 Å². The van der Waals surface area contributed by atoms with Gasteiger partial charge in [0, 0.05) is 0 Å². The van der Waals surface area contributed by atoms with E-state index in [-0.39, 0.29) is 0 Å². The minimum absolute atomic E-state index is 1.22. The lowest BCUT2D eigenvalue weighted by atomic mass is 9.85. The Hall–Kier alpha value is -6.24. The normalized spacial score (nSPS) is 11.3. The van der Waals surface area contributed by atoms with Crippen LogP contribution in [-0.4, -0.2) is 0 Å². The summed E-state index contributed by atoms with van der Waals surface area (Å²) in [7, 11) is 0. The van der Waals surface area contributed by atoms with Crippen LogP contribution in [0.1, 0.15) is 0 Å². The second-order valence-corrected chi connectivity index (χ2v) is 12.5. The van der Waals surface area contributed by atoms with E-state index in [9.17, 15) is 0 Å². The molecule has 0 saturated heterocycles. The van der Waals surface area contributed by atoms with E-state index in [4.69, 9.17) is 0 Å². The predicted molar refractivity (Wildman–Crippen MR) is 206 cm³/mol. The zero-order chi connectivity index (χ0) is 31.9. The van der Waals surface area contributed by atoms with E-state index in [1.807, 2.05) is 0 Å². The first-order chi connectivity index (χ1) is 23.8. The van der Waals surface area contributed by atoms with E-state index < -0.39 is 0 Å². The molecule has 9 aromatic rings. The molecule has 0 nitrogen and oxygen atoms in total. The van der Waals surface area contributed by atoms with Crippen molar-refractivity contribution in [1.29, 1.82) is 0 Å². The van der Waals surface area contributed by atoms with E-state index in [1.54, 1.807) is 0 Å². The van der Waals surface area contributed by atoms with Crippen LogP contribution < -0.4 is 0 Å². The molecule has 9 rings (SSSR count). The Bertz CT molecular complexity index is 2540. The minimum atomic E-state index is 1.22. The lowest BCUT2D eigenvalue weighted by Gasteiger charge is -2.18. The first kappa shape index (κ1) is 28.0. The highest BCUT2D eigenvalue weighted by atomic mass is 14.2. The molecule has 0 atom stereocenters. The summed E-state index contributed by atoms with van der Waals surface area (Å²) in [4.78, 5) is 0. The Balaban J connectivity index is 1.13. The lowest BCUT2D eigenvalue weighted by Crippen LogP contribution is -1.91. The number of hydrogen-bond acceptors (Lipinski definition) is 0. The van der Waals surface area contributed by atoms with Crippen LogP contribution in [0.5, 0.6) is 0 Å². The first-order valence-corrected chi connectivity index (χ1v) is 16.6. The van der Waals surface area contributed by atoms with Gasteiger partial charge in [-0.2, -0.15) is 0 Å². The molecule has 0 amide bonds. The Kier molecular flexibility index (Phi) is 6.91. The second kappa shape index (κ2) is 11.8. The molecule has 0 saturated carbocycles. The van der Waals surface area contributed by atoms with Gasteiger partial charge in [0.25, 0.3) is 0 Å². The van der Waals surface area contributed by atoms with E-state index in [2.05, 4.69) is 194 Å². The van der Waals surface area contributed by atoms with Crippen LogP contribution in [0.2, 0.25) is 0 Å². The van der Waals surface area contributed by atoms with Crippen LogP contribution in [0.25, 0.3) is 88.0 Å². The molecule has 0 N–H and O–H groups in total. The SMILES string of the molecule is c1ccc(-c2cccc(-c3ccc4cc(-c5cccc(-c6c7ccccc7c(-c7ccccc7)c7ccccc67)c5)ccc4c3)c2)cc1. The third-order valence-corrected chi connectivity index (χ3v) is 9.62. The molecule has 0 bridgehead atoms. The highest BCUT2D eigenvalue weighted by Gasteiger charge is 2.16. The molecule has 0 heterocycles. The van der Waals surface area contributed by atoms with Crippen molar-refractivity contribution < 1.29 is 0 Å². The smallest absolute Gasteiger partial charge is 0.00262 e. The number of hydrogen-bond donors (Lipinski definition) is 0. The molecule has 9 aromatic carbocycles. The highest BCUT2D eigenvalue weighted by Crippen LogP contribution is 2.44. The Morgan fingerprint density at radius 3 is 1.02 bits per heavy atom. The van der Waals surface area contributed by atoms with E-state index in [0.717, 1.165) is 0 Å². The van der Waals surface area contributed by atoms with Gasteiger partial charge in [-0.1, -0.05) is 170 Å². The van der Waals surface area contributed by atoms with Crippen molar-refractivity contribution in [3.63, 3.8) is 0 Å². The fourth-order valence-corrected chi connectivity index (χ4v) is 7.32. The van der Waals surface area contributed by atoms with E-state index in [0.29, 0.717) is 0 Å². The molecular formula is C48H32. The predicted octanol–water partition coefficient (Wildman–Crippen LogP) is 13.5. The van der Waals surface area contributed by atoms with Gasteiger partial charge >= 0.3 is 0 Å². The van der Waals surface area contributed by atoms with Crippen LogP contribution >= 0.6 is 0 Å². The van der Waals surface area contributed by atoms with Gasteiger partial charge in [-0.25, -0.2) is 0 Å². The van der Waals surface area contributed by atoms with Crippen molar-refractivity contribution in [2.24, 2.45) is 0 Å². The van der Waals surface area contributed by atoms with Crippen molar-refractivity contribution in [2.45, 2.75) is 0 Å². The van der Waals surface area contributed by atoms with Gasteiger partial charge in [0.05, 0.1) is 0 Å². The molecule has 0 aliphatic heterocycles. The van der Waals surface area contributed by atoms with Crippen molar-refractivity contribution in [3.05, 3.63) is 194 Å². The Morgan fingerprint density at radius 2 is 0.521 bits per heavy atom. The fourth-order valence-electron chi connectivity index (χ4n) is 7.32. The van der Waals surface area contributed by atoms with Crippen LogP contribution in [0, 0.1) is 0 Å². The monoisotopic (exact) mass is 608 g/mol. The number of rotatable bonds is 5. The molecule has 0 aromatic heterocycles. The first-order valence-electron chi connectivity index (χ1n) is 16.6. The van der Waals surface area contributed by atoms with Crippen LogP contribution in [-0.2, 0) is 0 Å². The number of benzene rings is 9. The minimum Gasteiger partial charge on any atom is -0.0622 e. The summed E-state index contributed by atoms with van der Waals surface area (Å²) < 4.78 is 0. The van der Waals surface area contributed by atoms with Crippen LogP contribution in [0.4, 0.5) is 0 Å². The van der Waals surface area contributed by atoms with Crippen LogP contribution in [0.15, 0.2) is 194 Å². The van der Waals surface area contributed by atoms with Gasteiger partial charge in [0.15, 0.2) is 0 Å². The zero-order valence-corrected chi connectivity index (χ0v) is 26.5. The average molecular weight is 609 g/mol. The maximum absolute atomic E-state index is 2.36. The topological polar surface area (TPSA) is 0 Å². The van der Waals surface area contributed by atoms with Gasteiger partial charge in [0.2, 0.25) is 0 Å². The van der Waals surface area contributed by atoms with Crippen molar-refractivity contribution in [2.75, 3.05) is 0 Å². The molecule has 0 radical (unpaired) electrons. The average Bonchev–Trinajstić information content (AvgIpc) is 3.17. The van der Waals surface area contributed by atoms with Gasteiger partial charge < -0.3 is 0 Å². The molecule has 0 unspecified atom stereocenters. The maximum atomic E-state index is 2.36. The quantitative estimate of drug-likeness (QED) is 0.171. The van der Waals surface area contributed by atoms with E-state index >= 15 is 0 Å². The van der Waals surface area contributed by atoms with Crippen molar-refractivity contribution >= 4 is 32.3 Å². The summed E-state index contributed by atoms with van der Waals surface area (Å²) >= 11 is 0. The molecule has 0 aliphatic carbocycles. The summed E-state index contributed by atoms with van der Waals surface area (Å²) in [6, 6.07) is 70.7. The summed E-state index contributed by atoms with van der Waals surface area (Å²) in [5.41, 5.74) is 12.4. The van der Waals surface area contributed by atoms with Crippen LogP contribution in [0.3, 0.4) is 0 Å². The summed E-state index contributed by atoms with van der Waals surface area (Å²) in [6.45, 7) is 0. The van der Waals surface area contributed by atoms with E-state index in [1.165, 1.54) is 88.0 Å². The van der Waals surface area contributed by atoms with Crippen molar-refractivity contribution in [3.8, 4) is 55.6 Å². The molecule has 0 heteroatoms. The Morgan fingerprint density at radius 1 is 0.188 bits per heavy atom. The molecular weight excluding hydrogens is 577 g/mol. The highest BCUT2D eigenvalue weighted by molar-refractivity contribution is 6.21. The second-order valence-electron chi connectivity index (χ2n) is 12.5. The van der Waals surface area contributed by atoms with Gasteiger partial charge in [-0.3, -0.25) is 0 Å². The standard InChI is InChI=1S/C48H32/c1-3-13-33(14-4-1)35-17-11-18-36(29-35)38-25-27-41-31-39(26-28-40(41)30-38)37-19-12-20-42(32-37)48-45-23-9-7-21-43(45)47(34-15-5-2-6-16-34)44-22-8-10-24-46(44)48/h1-32H. The summed E-state index contributed by atoms with van der Waals surface area (Å²) in [6.07, 6.45) is 0.